The van der Waals surface area contributed by atoms with Crippen LogP contribution < -0.4 is 5.73 Å². The Bertz CT molecular complexity index is 487. The van der Waals surface area contributed by atoms with Crippen molar-refractivity contribution in [1.29, 1.82) is 0 Å². The summed E-state index contributed by atoms with van der Waals surface area (Å²) in [5.41, 5.74) is 5.19. The Hall–Kier alpha value is -0.530. The largest absolute Gasteiger partial charge is 0.472 e. The second-order valence-corrected chi connectivity index (χ2v) is 9.15. The van der Waals surface area contributed by atoms with Gasteiger partial charge in [0, 0.05) is 13.2 Å². The number of aliphatic hydroxyl groups excluding tert-OH is 1. The number of hydrogen-bond donors (Lipinski definition) is 3. The highest BCUT2D eigenvalue weighted by atomic mass is 31.2. The lowest BCUT2D eigenvalue weighted by atomic mass is 10.1. The maximum absolute atomic E-state index is 11.4. The van der Waals surface area contributed by atoms with E-state index in [1.807, 2.05) is 0 Å². The summed E-state index contributed by atoms with van der Waals surface area (Å²) >= 11 is 0. The number of aliphatic hydroxyl groups is 1. The Morgan fingerprint density at radius 1 is 0.839 bits per heavy atom. The fraction of sp³-hybridized carbons (Fsp3) is 0.826. The van der Waals surface area contributed by atoms with E-state index < -0.39 is 13.9 Å². The van der Waals surface area contributed by atoms with Crippen LogP contribution in [0.3, 0.4) is 0 Å². The molecule has 0 aromatic carbocycles. The van der Waals surface area contributed by atoms with Crippen LogP contribution in [-0.2, 0) is 18.3 Å². The number of rotatable bonds is 23. The SMILES string of the molecule is CCCCC/C=C\C/C=C\CCCCCCCCOC[C@@H](O)COP(=O)(O)OCCN. The van der Waals surface area contributed by atoms with Crippen molar-refractivity contribution in [2.24, 2.45) is 5.73 Å². The number of phosphoric ester groups is 1. The van der Waals surface area contributed by atoms with E-state index in [4.69, 9.17) is 10.5 Å². The van der Waals surface area contributed by atoms with Gasteiger partial charge < -0.3 is 20.5 Å². The Morgan fingerprint density at radius 2 is 1.45 bits per heavy atom. The summed E-state index contributed by atoms with van der Waals surface area (Å²) < 4.78 is 26.1. The first-order valence-corrected chi connectivity index (χ1v) is 13.4. The molecule has 0 aliphatic carbocycles. The van der Waals surface area contributed by atoms with Crippen molar-refractivity contribution in [3.05, 3.63) is 24.3 Å². The Kier molecular flexibility index (Phi) is 22.3. The molecule has 0 spiro atoms. The van der Waals surface area contributed by atoms with Gasteiger partial charge in [0.25, 0.3) is 0 Å². The van der Waals surface area contributed by atoms with Crippen LogP contribution in [0.15, 0.2) is 24.3 Å². The number of allylic oxidation sites excluding steroid dienone is 4. The predicted octanol–water partition coefficient (Wildman–Crippen LogP) is 5.27. The molecule has 0 rings (SSSR count). The highest BCUT2D eigenvalue weighted by molar-refractivity contribution is 7.47. The normalized spacial score (nSPS) is 15.1. The monoisotopic (exact) mass is 463 g/mol. The van der Waals surface area contributed by atoms with Crippen molar-refractivity contribution in [2.75, 3.05) is 33.0 Å². The van der Waals surface area contributed by atoms with Crippen molar-refractivity contribution < 1.29 is 28.3 Å². The second-order valence-electron chi connectivity index (χ2n) is 7.70. The van der Waals surface area contributed by atoms with E-state index in [-0.39, 0.29) is 26.4 Å². The van der Waals surface area contributed by atoms with E-state index >= 15 is 0 Å². The Labute approximate surface area is 189 Å². The molecule has 0 aromatic heterocycles. The highest BCUT2D eigenvalue weighted by Crippen LogP contribution is 2.42. The summed E-state index contributed by atoms with van der Waals surface area (Å²) in [5.74, 6) is 0. The topological polar surface area (TPSA) is 111 Å². The summed E-state index contributed by atoms with van der Waals surface area (Å²) in [6.45, 7) is 2.59. The van der Waals surface area contributed by atoms with Crippen molar-refractivity contribution in [1.82, 2.24) is 0 Å². The van der Waals surface area contributed by atoms with E-state index in [1.54, 1.807) is 0 Å². The molecule has 0 saturated heterocycles. The van der Waals surface area contributed by atoms with Crippen LogP contribution in [0.5, 0.6) is 0 Å². The van der Waals surface area contributed by atoms with Crippen LogP contribution in [-0.4, -0.2) is 49.1 Å². The lowest BCUT2D eigenvalue weighted by Gasteiger charge is -2.15. The Balaban J connectivity index is 3.37. The van der Waals surface area contributed by atoms with Crippen molar-refractivity contribution in [3.8, 4) is 0 Å². The molecule has 2 atom stereocenters. The molecule has 0 fully saturated rings. The lowest BCUT2D eigenvalue weighted by molar-refractivity contribution is 0.00230. The van der Waals surface area contributed by atoms with Gasteiger partial charge in [0.2, 0.25) is 0 Å². The van der Waals surface area contributed by atoms with Crippen LogP contribution in [0, 0.1) is 0 Å². The first kappa shape index (κ1) is 30.5. The number of nitrogens with two attached hydrogens (primary N) is 1. The molecule has 7 nitrogen and oxygen atoms in total. The highest BCUT2D eigenvalue weighted by Gasteiger charge is 2.22. The van der Waals surface area contributed by atoms with E-state index in [1.165, 1.54) is 51.4 Å². The van der Waals surface area contributed by atoms with Gasteiger partial charge in [-0.1, -0.05) is 69.8 Å². The average Bonchev–Trinajstić information content (AvgIpc) is 2.75. The van der Waals surface area contributed by atoms with Gasteiger partial charge in [-0.2, -0.15) is 0 Å². The molecular weight excluding hydrogens is 417 g/mol. The summed E-state index contributed by atoms with van der Waals surface area (Å²) in [6, 6.07) is 0. The van der Waals surface area contributed by atoms with Gasteiger partial charge in [-0.3, -0.25) is 9.05 Å². The molecule has 31 heavy (non-hydrogen) atoms. The minimum absolute atomic E-state index is 0.0666. The lowest BCUT2D eigenvalue weighted by Crippen LogP contribution is -2.22. The maximum atomic E-state index is 11.4. The summed E-state index contributed by atoms with van der Waals surface area (Å²) in [7, 11) is -4.14. The van der Waals surface area contributed by atoms with E-state index in [0.29, 0.717) is 6.61 Å². The van der Waals surface area contributed by atoms with Crippen LogP contribution in [0.4, 0.5) is 0 Å². The van der Waals surface area contributed by atoms with Gasteiger partial charge in [0.15, 0.2) is 0 Å². The second kappa shape index (κ2) is 22.7. The quantitative estimate of drug-likeness (QED) is 0.107. The third-order valence-electron chi connectivity index (χ3n) is 4.60. The standard InChI is InChI=1S/C23H46NO6P/c1-2-3-4-5-6-7-8-9-10-11-12-13-14-15-16-17-19-28-21-23(25)22-30-31(26,27)29-20-18-24/h6-7,9-10,23,25H,2-5,8,11-22,24H2,1H3,(H,26,27)/b7-6-,10-9-/t23-/m1/s1. The van der Waals surface area contributed by atoms with Crippen LogP contribution in [0.2, 0.25) is 0 Å². The van der Waals surface area contributed by atoms with Crippen molar-refractivity contribution >= 4 is 7.82 Å². The van der Waals surface area contributed by atoms with Crippen molar-refractivity contribution in [2.45, 2.75) is 90.1 Å². The fourth-order valence-corrected chi connectivity index (χ4v) is 3.62. The molecule has 0 radical (unpaired) electrons. The molecule has 0 heterocycles. The van der Waals surface area contributed by atoms with E-state index in [2.05, 4.69) is 40.3 Å². The first-order valence-electron chi connectivity index (χ1n) is 11.9. The zero-order chi connectivity index (χ0) is 23.0. The smallest absolute Gasteiger partial charge is 0.388 e. The molecule has 0 aromatic rings. The molecule has 4 N–H and O–H groups in total. The van der Waals surface area contributed by atoms with E-state index in [0.717, 1.165) is 25.7 Å². The predicted molar refractivity (Wildman–Crippen MR) is 127 cm³/mol. The van der Waals surface area contributed by atoms with Crippen LogP contribution >= 0.6 is 7.82 Å². The zero-order valence-electron chi connectivity index (χ0n) is 19.5. The molecule has 0 saturated carbocycles. The molecule has 184 valence electrons. The average molecular weight is 464 g/mol. The molecule has 0 amide bonds. The van der Waals surface area contributed by atoms with Crippen LogP contribution in [0.1, 0.15) is 84.0 Å². The minimum atomic E-state index is -4.14. The number of ether oxygens (including phenoxy) is 1. The number of phosphoric acid groups is 1. The molecule has 0 aliphatic heterocycles. The maximum Gasteiger partial charge on any atom is 0.472 e. The van der Waals surface area contributed by atoms with Crippen LogP contribution in [0.25, 0.3) is 0 Å². The van der Waals surface area contributed by atoms with Gasteiger partial charge in [-0.05, 0) is 38.5 Å². The number of hydrogen-bond acceptors (Lipinski definition) is 6. The summed E-state index contributed by atoms with van der Waals surface area (Å²) in [6.07, 6.45) is 22.4. The first-order chi connectivity index (χ1) is 15.0. The summed E-state index contributed by atoms with van der Waals surface area (Å²) in [4.78, 5) is 9.32. The van der Waals surface area contributed by atoms with Gasteiger partial charge in [0.05, 0.1) is 19.8 Å². The van der Waals surface area contributed by atoms with Gasteiger partial charge in [-0.25, -0.2) is 4.57 Å². The third-order valence-corrected chi connectivity index (χ3v) is 5.59. The summed E-state index contributed by atoms with van der Waals surface area (Å²) in [5, 5.41) is 9.70. The fourth-order valence-electron chi connectivity index (χ4n) is 2.85. The Morgan fingerprint density at radius 3 is 2.10 bits per heavy atom. The molecule has 0 bridgehead atoms. The van der Waals surface area contributed by atoms with Gasteiger partial charge in [-0.15, -0.1) is 0 Å². The number of unbranched alkanes of at least 4 members (excludes halogenated alkanes) is 9. The third kappa shape index (κ3) is 24.0. The molecule has 0 aliphatic rings. The van der Waals surface area contributed by atoms with Crippen molar-refractivity contribution in [3.63, 3.8) is 0 Å². The molecule has 1 unspecified atom stereocenters. The van der Waals surface area contributed by atoms with Gasteiger partial charge in [0.1, 0.15) is 6.10 Å². The van der Waals surface area contributed by atoms with Gasteiger partial charge >= 0.3 is 7.82 Å². The molecular formula is C23H46NO6P. The molecule has 8 heteroatoms. The minimum Gasteiger partial charge on any atom is -0.388 e. The van der Waals surface area contributed by atoms with E-state index in [9.17, 15) is 14.6 Å². The zero-order valence-corrected chi connectivity index (χ0v) is 20.4.